The third kappa shape index (κ3) is 3.39. The lowest BCUT2D eigenvalue weighted by Crippen LogP contribution is -2.34. The largest absolute Gasteiger partial charge is 0.338 e. The van der Waals surface area contributed by atoms with Crippen LogP contribution in [0.5, 0.6) is 0 Å². The first-order chi connectivity index (χ1) is 10.9. The molecule has 2 aliphatic rings. The molecule has 3 rings (SSSR count). The quantitative estimate of drug-likeness (QED) is 0.893. The Hall–Kier alpha value is -1.88. The van der Waals surface area contributed by atoms with Gasteiger partial charge in [-0.05, 0) is 48.9 Å². The summed E-state index contributed by atoms with van der Waals surface area (Å²) in [6, 6.07) is 7.22. The van der Waals surface area contributed by atoms with Gasteiger partial charge in [0.05, 0.1) is 0 Å². The normalized spacial score (nSPS) is 29.4. The van der Waals surface area contributed by atoms with Crippen LogP contribution >= 0.6 is 0 Å². The van der Waals surface area contributed by atoms with E-state index < -0.39 is 0 Å². The maximum atomic E-state index is 12.7. The van der Waals surface area contributed by atoms with Crippen LogP contribution in [-0.2, 0) is 4.79 Å². The van der Waals surface area contributed by atoms with E-state index in [1.807, 2.05) is 17.0 Å². The van der Waals surface area contributed by atoms with Crippen molar-refractivity contribution in [3.8, 4) is 0 Å². The van der Waals surface area contributed by atoms with E-state index in [0.29, 0.717) is 30.3 Å². The third-order valence-corrected chi connectivity index (χ3v) is 5.16. The highest BCUT2D eigenvalue weighted by Crippen LogP contribution is 2.38. The van der Waals surface area contributed by atoms with Gasteiger partial charge in [-0.2, -0.15) is 0 Å². The van der Waals surface area contributed by atoms with Crippen molar-refractivity contribution in [2.24, 2.45) is 23.0 Å². The van der Waals surface area contributed by atoms with Crippen LogP contribution in [0.2, 0.25) is 0 Å². The number of anilines is 1. The zero-order valence-corrected chi connectivity index (χ0v) is 13.8. The number of hydrogen-bond donors (Lipinski definition) is 2. The van der Waals surface area contributed by atoms with Crippen molar-refractivity contribution in [2.75, 3.05) is 25.0 Å². The van der Waals surface area contributed by atoms with Crippen molar-refractivity contribution >= 4 is 17.5 Å². The molecule has 5 nitrogen and oxygen atoms in total. The summed E-state index contributed by atoms with van der Waals surface area (Å²) >= 11 is 0. The standard InChI is InChI=1S/C18H25N3O2/c1-12-8-15(12)16(22)20-14-5-3-4-13(9-14)17(23)21-7-6-18(2,10-19)11-21/h3-5,9,12,15H,6-8,10-11,19H2,1-2H3,(H,20,22). The van der Waals surface area contributed by atoms with Crippen LogP contribution in [0, 0.1) is 17.3 Å². The molecule has 0 bridgehead atoms. The number of hydrogen-bond acceptors (Lipinski definition) is 3. The highest BCUT2D eigenvalue weighted by Gasteiger charge is 2.39. The van der Waals surface area contributed by atoms with E-state index >= 15 is 0 Å². The van der Waals surface area contributed by atoms with Gasteiger partial charge >= 0.3 is 0 Å². The molecule has 3 N–H and O–H groups in total. The van der Waals surface area contributed by atoms with Crippen LogP contribution in [0.3, 0.4) is 0 Å². The van der Waals surface area contributed by atoms with Gasteiger partial charge in [-0.25, -0.2) is 0 Å². The number of benzene rings is 1. The molecule has 3 unspecified atom stereocenters. The zero-order chi connectivity index (χ0) is 16.6. The molecule has 1 heterocycles. The number of nitrogens with one attached hydrogen (secondary N) is 1. The zero-order valence-electron chi connectivity index (χ0n) is 13.8. The van der Waals surface area contributed by atoms with E-state index in [9.17, 15) is 9.59 Å². The van der Waals surface area contributed by atoms with Crippen molar-refractivity contribution in [1.29, 1.82) is 0 Å². The van der Waals surface area contributed by atoms with Crippen LogP contribution in [0.15, 0.2) is 24.3 Å². The lowest BCUT2D eigenvalue weighted by atomic mass is 9.90. The number of nitrogens with two attached hydrogens (primary N) is 1. The molecule has 1 saturated heterocycles. The summed E-state index contributed by atoms with van der Waals surface area (Å²) in [5, 5.41) is 2.92. The van der Waals surface area contributed by atoms with Crippen molar-refractivity contribution in [2.45, 2.75) is 26.7 Å². The number of rotatable bonds is 4. The summed E-state index contributed by atoms with van der Waals surface area (Å²) in [5.41, 5.74) is 7.14. The summed E-state index contributed by atoms with van der Waals surface area (Å²) in [7, 11) is 0. The monoisotopic (exact) mass is 315 g/mol. The van der Waals surface area contributed by atoms with Crippen LogP contribution < -0.4 is 11.1 Å². The minimum absolute atomic E-state index is 0.0121. The van der Waals surface area contributed by atoms with Crippen LogP contribution in [0.25, 0.3) is 0 Å². The van der Waals surface area contributed by atoms with Gasteiger partial charge in [-0.1, -0.05) is 19.9 Å². The molecule has 0 spiro atoms. The maximum Gasteiger partial charge on any atom is 0.253 e. The SMILES string of the molecule is CC1CC1C(=O)Nc1cccc(C(=O)N2CCC(C)(CN)C2)c1. The van der Waals surface area contributed by atoms with Gasteiger partial charge < -0.3 is 16.0 Å². The molecule has 1 aliphatic carbocycles. The molecule has 2 fully saturated rings. The second-order valence-electron chi connectivity index (χ2n) is 7.38. The molecule has 5 heteroatoms. The Morgan fingerprint density at radius 1 is 1.43 bits per heavy atom. The Morgan fingerprint density at radius 2 is 2.17 bits per heavy atom. The Kier molecular flexibility index (Phi) is 4.15. The number of nitrogens with zero attached hydrogens (tertiary/aromatic N) is 1. The highest BCUT2D eigenvalue weighted by atomic mass is 16.2. The van der Waals surface area contributed by atoms with Gasteiger partial charge in [0.2, 0.25) is 5.91 Å². The fraction of sp³-hybridized carbons (Fsp3) is 0.556. The van der Waals surface area contributed by atoms with Crippen molar-refractivity contribution in [1.82, 2.24) is 4.90 Å². The van der Waals surface area contributed by atoms with Crippen LogP contribution in [0.4, 0.5) is 5.69 Å². The van der Waals surface area contributed by atoms with Gasteiger partial charge in [0.15, 0.2) is 0 Å². The Morgan fingerprint density at radius 3 is 2.78 bits per heavy atom. The van der Waals surface area contributed by atoms with E-state index in [1.165, 1.54) is 0 Å². The first kappa shape index (κ1) is 16.0. The smallest absolute Gasteiger partial charge is 0.253 e. The Balaban J connectivity index is 1.67. The van der Waals surface area contributed by atoms with Crippen molar-refractivity contribution in [3.63, 3.8) is 0 Å². The van der Waals surface area contributed by atoms with E-state index in [1.54, 1.807) is 12.1 Å². The molecule has 3 atom stereocenters. The average Bonchev–Trinajstić information content (AvgIpc) is 3.15. The summed E-state index contributed by atoms with van der Waals surface area (Å²) in [5.74, 6) is 0.661. The molecule has 1 aliphatic heterocycles. The van der Waals surface area contributed by atoms with Crippen LogP contribution in [0.1, 0.15) is 37.0 Å². The van der Waals surface area contributed by atoms with Gasteiger partial charge in [-0.3, -0.25) is 9.59 Å². The lowest BCUT2D eigenvalue weighted by molar-refractivity contribution is -0.117. The fourth-order valence-electron chi connectivity index (χ4n) is 3.20. The molecule has 1 aromatic carbocycles. The molecule has 0 radical (unpaired) electrons. The second kappa shape index (κ2) is 5.96. The second-order valence-corrected chi connectivity index (χ2v) is 7.38. The topological polar surface area (TPSA) is 75.4 Å². The number of amides is 2. The summed E-state index contributed by atoms with van der Waals surface area (Å²) in [6.07, 6.45) is 1.89. The molecule has 2 amide bonds. The van der Waals surface area contributed by atoms with Gasteiger partial charge in [-0.15, -0.1) is 0 Å². The van der Waals surface area contributed by atoms with E-state index in [0.717, 1.165) is 19.4 Å². The first-order valence-electron chi connectivity index (χ1n) is 8.32. The Labute approximate surface area is 137 Å². The number of likely N-dealkylation sites (tertiary alicyclic amines) is 1. The third-order valence-electron chi connectivity index (χ3n) is 5.16. The van der Waals surface area contributed by atoms with E-state index in [-0.39, 0.29) is 23.1 Å². The minimum atomic E-state index is 0.0121. The number of carbonyl (C=O) groups excluding carboxylic acids is 2. The predicted octanol–water partition coefficient (Wildman–Crippen LogP) is 2.09. The lowest BCUT2D eigenvalue weighted by Gasteiger charge is -2.22. The van der Waals surface area contributed by atoms with Gasteiger partial charge in [0.1, 0.15) is 0 Å². The first-order valence-corrected chi connectivity index (χ1v) is 8.32. The molecular formula is C18H25N3O2. The molecule has 0 aromatic heterocycles. The summed E-state index contributed by atoms with van der Waals surface area (Å²) in [6.45, 7) is 6.22. The molecule has 124 valence electrons. The Bertz CT molecular complexity index is 630. The van der Waals surface area contributed by atoms with Crippen LogP contribution in [-0.4, -0.2) is 36.3 Å². The number of carbonyl (C=O) groups is 2. The minimum Gasteiger partial charge on any atom is -0.338 e. The molecular weight excluding hydrogens is 290 g/mol. The highest BCUT2D eigenvalue weighted by molar-refractivity contribution is 5.98. The average molecular weight is 315 g/mol. The predicted molar refractivity (Wildman–Crippen MR) is 90.0 cm³/mol. The summed E-state index contributed by atoms with van der Waals surface area (Å²) < 4.78 is 0. The van der Waals surface area contributed by atoms with Crippen molar-refractivity contribution in [3.05, 3.63) is 29.8 Å². The van der Waals surface area contributed by atoms with E-state index in [2.05, 4.69) is 19.2 Å². The molecule has 1 saturated carbocycles. The van der Waals surface area contributed by atoms with Gasteiger partial charge in [0.25, 0.3) is 5.91 Å². The fourth-order valence-corrected chi connectivity index (χ4v) is 3.20. The summed E-state index contributed by atoms with van der Waals surface area (Å²) in [4.78, 5) is 26.5. The van der Waals surface area contributed by atoms with Crippen molar-refractivity contribution < 1.29 is 9.59 Å². The maximum absolute atomic E-state index is 12.7. The van der Waals surface area contributed by atoms with Gasteiger partial charge in [0, 0.05) is 30.3 Å². The molecule has 23 heavy (non-hydrogen) atoms. The van der Waals surface area contributed by atoms with E-state index in [4.69, 9.17) is 5.73 Å². The molecule has 1 aromatic rings.